The first-order valence-corrected chi connectivity index (χ1v) is 5.47. The van der Waals surface area contributed by atoms with Gasteiger partial charge in [-0.15, -0.1) is 0 Å². The van der Waals surface area contributed by atoms with Crippen molar-refractivity contribution in [1.29, 1.82) is 0 Å². The molecule has 1 amide bonds. The van der Waals surface area contributed by atoms with E-state index >= 15 is 0 Å². The molecule has 4 nitrogen and oxygen atoms in total. The zero-order valence-electron chi connectivity index (χ0n) is 10.7. The van der Waals surface area contributed by atoms with Crippen LogP contribution in [0.5, 0.6) is 0 Å². The van der Waals surface area contributed by atoms with E-state index in [1.165, 1.54) is 4.90 Å². The van der Waals surface area contributed by atoms with Crippen molar-refractivity contribution < 1.29 is 13.6 Å². The summed E-state index contributed by atoms with van der Waals surface area (Å²) >= 11 is 0. The lowest BCUT2D eigenvalue weighted by Gasteiger charge is -2.20. The largest absolute Gasteiger partial charge is 0.396 e. The Hall–Kier alpha value is -1.69. The molecule has 0 aliphatic heterocycles. The van der Waals surface area contributed by atoms with Gasteiger partial charge in [-0.05, 0) is 20.2 Å². The molecule has 2 N–H and O–H groups in total. The molecular weight excluding hydrogens is 240 g/mol. The Kier molecular flexibility index (Phi) is 4.61. The van der Waals surface area contributed by atoms with Crippen molar-refractivity contribution in [2.24, 2.45) is 0 Å². The Bertz CT molecular complexity index is 449. The van der Waals surface area contributed by atoms with Crippen LogP contribution in [-0.2, 0) is 0 Å². The monoisotopic (exact) mass is 257 g/mol. The third-order valence-corrected chi connectivity index (χ3v) is 2.55. The van der Waals surface area contributed by atoms with Crippen LogP contribution in [0.3, 0.4) is 0 Å². The van der Waals surface area contributed by atoms with E-state index in [-0.39, 0.29) is 11.3 Å². The number of hydrogen-bond acceptors (Lipinski definition) is 3. The molecule has 0 bridgehead atoms. The summed E-state index contributed by atoms with van der Waals surface area (Å²) in [6, 6.07) is 1.65. The van der Waals surface area contributed by atoms with Crippen LogP contribution in [0.25, 0.3) is 0 Å². The number of rotatable bonds is 4. The van der Waals surface area contributed by atoms with Gasteiger partial charge in [0, 0.05) is 26.2 Å². The highest BCUT2D eigenvalue weighted by molar-refractivity contribution is 5.95. The number of nitrogen functional groups attached to an aromatic ring is 1. The van der Waals surface area contributed by atoms with E-state index in [4.69, 9.17) is 5.73 Å². The van der Waals surface area contributed by atoms with Crippen molar-refractivity contribution >= 4 is 11.6 Å². The second-order valence-electron chi connectivity index (χ2n) is 4.38. The summed E-state index contributed by atoms with van der Waals surface area (Å²) in [7, 11) is 5.30. The Morgan fingerprint density at radius 1 is 1.17 bits per heavy atom. The van der Waals surface area contributed by atoms with Crippen LogP contribution in [0.2, 0.25) is 0 Å². The molecule has 0 atom stereocenters. The molecule has 1 aromatic rings. The second-order valence-corrected chi connectivity index (χ2v) is 4.38. The predicted molar refractivity (Wildman–Crippen MR) is 66.3 cm³/mol. The van der Waals surface area contributed by atoms with Crippen molar-refractivity contribution in [2.75, 3.05) is 40.0 Å². The Balaban J connectivity index is 2.87. The van der Waals surface area contributed by atoms with E-state index in [0.29, 0.717) is 19.2 Å². The van der Waals surface area contributed by atoms with Crippen LogP contribution >= 0.6 is 0 Å². The van der Waals surface area contributed by atoms with Gasteiger partial charge >= 0.3 is 0 Å². The molecule has 0 heterocycles. The highest BCUT2D eigenvalue weighted by Crippen LogP contribution is 2.17. The maximum absolute atomic E-state index is 13.5. The number of carbonyl (C=O) groups excluding carboxylic acids is 1. The van der Waals surface area contributed by atoms with Crippen LogP contribution in [0.15, 0.2) is 12.1 Å². The quantitative estimate of drug-likeness (QED) is 0.824. The van der Waals surface area contributed by atoms with Crippen LogP contribution in [-0.4, -0.2) is 49.9 Å². The molecule has 0 radical (unpaired) electrons. The maximum atomic E-state index is 13.5. The summed E-state index contributed by atoms with van der Waals surface area (Å²) in [4.78, 5) is 15.2. The van der Waals surface area contributed by atoms with Crippen LogP contribution in [0.1, 0.15) is 10.4 Å². The number of anilines is 1. The van der Waals surface area contributed by atoms with Gasteiger partial charge in [0.1, 0.15) is 11.6 Å². The first kappa shape index (κ1) is 14.4. The van der Waals surface area contributed by atoms with Crippen LogP contribution < -0.4 is 5.73 Å². The zero-order valence-corrected chi connectivity index (χ0v) is 10.7. The number of hydrogen-bond donors (Lipinski definition) is 1. The van der Waals surface area contributed by atoms with E-state index < -0.39 is 17.5 Å². The average molecular weight is 257 g/mol. The molecule has 0 aliphatic rings. The van der Waals surface area contributed by atoms with Crippen LogP contribution in [0.4, 0.5) is 14.5 Å². The van der Waals surface area contributed by atoms with Crippen molar-refractivity contribution in [3.05, 3.63) is 29.3 Å². The first-order valence-electron chi connectivity index (χ1n) is 5.47. The standard InChI is InChI=1S/C12H17F2N3O/c1-16(2)4-5-17(3)12(18)8-6-11(15)10(14)7-9(8)13/h6-7H,4-5,15H2,1-3H3. The molecule has 100 valence electrons. The van der Waals surface area contributed by atoms with E-state index in [1.807, 2.05) is 19.0 Å². The lowest BCUT2D eigenvalue weighted by molar-refractivity contribution is 0.0781. The normalized spacial score (nSPS) is 10.8. The third kappa shape index (κ3) is 3.40. The minimum Gasteiger partial charge on any atom is -0.396 e. The van der Waals surface area contributed by atoms with Gasteiger partial charge in [-0.2, -0.15) is 0 Å². The topological polar surface area (TPSA) is 49.6 Å². The number of likely N-dealkylation sites (N-methyl/N-ethyl adjacent to an activating group) is 2. The van der Waals surface area contributed by atoms with Crippen molar-refractivity contribution in [3.8, 4) is 0 Å². The van der Waals surface area contributed by atoms with Gasteiger partial charge in [0.15, 0.2) is 0 Å². The van der Waals surface area contributed by atoms with E-state index in [1.54, 1.807) is 7.05 Å². The van der Waals surface area contributed by atoms with E-state index in [2.05, 4.69) is 0 Å². The molecule has 0 saturated carbocycles. The Labute approximate surface area is 105 Å². The SMILES string of the molecule is CN(C)CCN(C)C(=O)c1cc(N)c(F)cc1F. The van der Waals surface area contributed by atoms with Crippen molar-refractivity contribution in [1.82, 2.24) is 9.80 Å². The lowest BCUT2D eigenvalue weighted by atomic mass is 10.1. The van der Waals surface area contributed by atoms with Crippen molar-refractivity contribution in [2.45, 2.75) is 0 Å². The summed E-state index contributed by atoms with van der Waals surface area (Å²) in [6.07, 6.45) is 0. The molecule has 18 heavy (non-hydrogen) atoms. The van der Waals surface area contributed by atoms with Gasteiger partial charge in [0.25, 0.3) is 5.91 Å². The van der Waals surface area contributed by atoms with E-state index in [9.17, 15) is 13.6 Å². The molecule has 1 aromatic carbocycles. The molecule has 1 rings (SSSR count). The molecule has 0 spiro atoms. The number of nitrogens with two attached hydrogens (primary N) is 1. The minimum atomic E-state index is -0.900. The number of halogens is 2. The summed E-state index contributed by atoms with van der Waals surface area (Å²) < 4.78 is 26.5. The summed E-state index contributed by atoms with van der Waals surface area (Å²) in [5, 5.41) is 0. The fourth-order valence-corrected chi connectivity index (χ4v) is 1.39. The molecule has 0 aromatic heterocycles. The zero-order chi connectivity index (χ0) is 13.9. The fraction of sp³-hybridized carbons (Fsp3) is 0.417. The van der Waals surface area contributed by atoms with Gasteiger partial charge in [0.05, 0.1) is 11.3 Å². The van der Waals surface area contributed by atoms with Gasteiger partial charge in [-0.1, -0.05) is 0 Å². The molecule has 0 saturated heterocycles. The lowest BCUT2D eigenvalue weighted by Crippen LogP contribution is -2.34. The molecule has 0 aliphatic carbocycles. The van der Waals surface area contributed by atoms with Gasteiger partial charge < -0.3 is 15.5 Å². The van der Waals surface area contributed by atoms with Gasteiger partial charge in [-0.3, -0.25) is 4.79 Å². The van der Waals surface area contributed by atoms with Gasteiger partial charge in [0.2, 0.25) is 0 Å². The van der Waals surface area contributed by atoms with E-state index in [0.717, 1.165) is 6.07 Å². The predicted octanol–water partition coefficient (Wildman–Crippen LogP) is 1.18. The summed E-state index contributed by atoms with van der Waals surface area (Å²) in [5.74, 6) is -2.27. The molecule has 0 unspecified atom stereocenters. The number of benzene rings is 1. The molecule has 6 heteroatoms. The Morgan fingerprint density at radius 3 is 2.33 bits per heavy atom. The van der Waals surface area contributed by atoms with Crippen LogP contribution in [0, 0.1) is 11.6 Å². The first-order chi connectivity index (χ1) is 8.32. The van der Waals surface area contributed by atoms with Gasteiger partial charge in [-0.25, -0.2) is 8.78 Å². The molecule has 0 fully saturated rings. The Morgan fingerprint density at radius 2 is 1.78 bits per heavy atom. The number of nitrogens with zero attached hydrogens (tertiary/aromatic N) is 2. The number of amides is 1. The third-order valence-electron chi connectivity index (χ3n) is 2.55. The average Bonchev–Trinajstić information content (AvgIpc) is 2.29. The molecular formula is C12H17F2N3O. The summed E-state index contributed by atoms with van der Waals surface area (Å²) in [5.41, 5.74) is 4.88. The maximum Gasteiger partial charge on any atom is 0.256 e. The smallest absolute Gasteiger partial charge is 0.256 e. The summed E-state index contributed by atoms with van der Waals surface area (Å²) in [6.45, 7) is 1.10. The highest BCUT2D eigenvalue weighted by atomic mass is 19.1. The van der Waals surface area contributed by atoms with Crippen molar-refractivity contribution in [3.63, 3.8) is 0 Å². The fourth-order valence-electron chi connectivity index (χ4n) is 1.39. The highest BCUT2D eigenvalue weighted by Gasteiger charge is 2.18. The minimum absolute atomic E-state index is 0.213. The second kappa shape index (κ2) is 5.77. The number of carbonyl (C=O) groups is 1.